The van der Waals surface area contributed by atoms with Crippen LogP contribution in [0.1, 0.15) is 10.5 Å². The van der Waals surface area contributed by atoms with Gasteiger partial charge in [0.05, 0.1) is 5.52 Å². The number of aromatic carboxylic acids is 1. The molecule has 2 rings (SSSR count). The summed E-state index contributed by atoms with van der Waals surface area (Å²) in [4.78, 5) is 14.4. The van der Waals surface area contributed by atoms with E-state index >= 15 is 0 Å². The Morgan fingerprint density at radius 1 is 1.47 bits per heavy atom. The van der Waals surface area contributed by atoms with Crippen LogP contribution in [0.3, 0.4) is 0 Å². The molecule has 0 amide bonds. The van der Waals surface area contributed by atoms with E-state index in [9.17, 15) is 9.18 Å². The van der Waals surface area contributed by atoms with Gasteiger partial charge in [0, 0.05) is 9.86 Å². The minimum atomic E-state index is -1.37. The van der Waals surface area contributed by atoms with Gasteiger partial charge in [-0.3, -0.25) is 0 Å². The zero-order valence-corrected chi connectivity index (χ0v) is 8.95. The number of carboxylic acid groups (broad SMARTS) is 1. The third-order valence-electron chi connectivity index (χ3n) is 1.95. The third-order valence-corrected chi connectivity index (χ3v) is 2.59. The maximum absolute atomic E-state index is 13.2. The largest absolute Gasteiger partial charge is 0.476 e. The molecule has 0 spiro atoms. The van der Waals surface area contributed by atoms with Gasteiger partial charge < -0.3 is 5.11 Å². The minimum absolute atomic E-state index is 0.441. The average Bonchev–Trinajstić information content (AvgIpc) is 2.16. The Balaban J connectivity index is 2.83. The number of halogens is 2. The molecule has 0 radical (unpaired) electrons. The van der Waals surface area contributed by atoms with Gasteiger partial charge in [-0.05, 0) is 28.1 Å². The van der Waals surface area contributed by atoms with Crippen LogP contribution in [0, 0.1) is 5.82 Å². The van der Waals surface area contributed by atoms with Gasteiger partial charge in [0.1, 0.15) is 0 Å². The van der Waals surface area contributed by atoms with Crippen molar-refractivity contribution in [3.8, 4) is 0 Å². The maximum atomic E-state index is 13.2. The van der Waals surface area contributed by atoms with Crippen molar-refractivity contribution in [1.82, 2.24) is 4.98 Å². The Labute approximate surface area is 92.7 Å². The zero-order chi connectivity index (χ0) is 11.0. The number of fused-ring (bicyclic) bond motifs is 1. The molecule has 1 N–H and O–H groups in total. The van der Waals surface area contributed by atoms with E-state index in [1.165, 1.54) is 0 Å². The highest BCUT2D eigenvalue weighted by Gasteiger charge is 2.14. The number of rotatable bonds is 1. The van der Waals surface area contributed by atoms with Gasteiger partial charge in [-0.25, -0.2) is 14.2 Å². The number of hydrogen-bond acceptors (Lipinski definition) is 2. The summed E-state index contributed by atoms with van der Waals surface area (Å²) in [6, 6.07) is 6.28. The highest BCUT2D eigenvalue weighted by molar-refractivity contribution is 9.10. The lowest BCUT2D eigenvalue weighted by atomic mass is 10.2. The SMILES string of the molecule is O=C(O)c1nc2c(Br)cccc2cc1F. The van der Waals surface area contributed by atoms with Crippen LogP contribution >= 0.6 is 15.9 Å². The smallest absolute Gasteiger partial charge is 0.357 e. The van der Waals surface area contributed by atoms with E-state index in [0.29, 0.717) is 15.4 Å². The summed E-state index contributed by atoms with van der Waals surface area (Å²) < 4.78 is 13.9. The lowest BCUT2D eigenvalue weighted by Crippen LogP contribution is -2.04. The van der Waals surface area contributed by atoms with Crippen LogP contribution < -0.4 is 0 Å². The zero-order valence-electron chi connectivity index (χ0n) is 7.37. The highest BCUT2D eigenvalue weighted by atomic mass is 79.9. The van der Waals surface area contributed by atoms with E-state index < -0.39 is 17.5 Å². The van der Waals surface area contributed by atoms with Crippen molar-refractivity contribution in [1.29, 1.82) is 0 Å². The Kier molecular flexibility index (Phi) is 2.40. The van der Waals surface area contributed by atoms with Crippen LogP contribution in [0.15, 0.2) is 28.7 Å². The summed E-state index contributed by atoms with van der Waals surface area (Å²) in [7, 11) is 0. The lowest BCUT2D eigenvalue weighted by Gasteiger charge is -2.02. The number of hydrogen-bond donors (Lipinski definition) is 1. The molecule has 1 aromatic carbocycles. The van der Waals surface area contributed by atoms with Gasteiger partial charge in [0.2, 0.25) is 0 Å². The molecular formula is C10H5BrFNO2. The second-order valence-corrected chi connectivity index (χ2v) is 3.79. The molecule has 0 bridgehead atoms. The molecule has 1 aromatic heterocycles. The van der Waals surface area contributed by atoms with Crippen molar-refractivity contribution in [2.45, 2.75) is 0 Å². The Hall–Kier alpha value is -1.49. The predicted molar refractivity (Wildman–Crippen MR) is 56.4 cm³/mol. The molecule has 15 heavy (non-hydrogen) atoms. The van der Waals surface area contributed by atoms with Crippen LogP contribution in [0.4, 0.5) is 4.39 Å². The van der Waals surface area contributed by atoms with E-state index in [0.717, 1.165) is 6.07 Å². The van der Waals surface area contributed by atoms with Crippen LogP contribution in [-0.4, -0.2) is 16.1 Å². The summed E-state index contributed by atoms with van der Waals surface area (Å²) in [5.74, 6) is -2.20. The Morgan fingerprint density at radius 3 is 2.87 bits per heavy atom. The monoisotopic (exact) mass is 269 g/mol. The first kappa shape index (κ1) is 10.0. The number of carboxylic acids is 1. The van der Waals surface area contributed by atoms with Gasteiger partial charge in [0.15, 0.2) is 11.5 Å². The molecule has 76 valence electrons. The number of carbonyl (C=O) groups is 1. The van der Waals surface area contributed by atoms with E-state index in [1.54, 1.807) is 18.2 Å². The van der Waals surface area contributed by atoms with Gasteiger partial charge in [-0.15, -0.1) is 0 Å². The molecule has 2 aromatic rings. The molecule has 0 aliphatic rings. The number of pyridine rings is 1. The molecule has 0 aliphatic carbocycles. The standard InChI is InChI=1S/C10H5BrFNO2/c11-6-3-1-2-5-4-7(12)9(10(14)15)13-8(5)6/h1-4H,(H,14,15). The van der Waals surface area contributed by atoms with Crippen molar-refractivity contribution >= 4 is 32.8 Å². The number of para-hydroxylation sites is 1. The molecule has 0 saturated heterocycles. The van der Waals surface area contributed by atoms with Crippen molar-refractivity contribution in [3.05, 3.63) is 40.2 Å². The van der Waals surface area contributed by atoms with E-state index in [1.807, 2.05) is 0 Å². The van der Waals surface area contributed by atoms with Crippen molar-refractivity contribution in [3.63, 3.8) is 0 Å². The van der Waals surface area contributed by atoms with Crippen LogP contribution in [-0.2, 0) is 0 Å². The first-order valence-electron chi connectivity index (χ1n) is 4.07. The Morgan fingerprint density at radius 2 is 2.20 bits per heavy atom. The average molecular weight is 270 g/mol. The summed E-state index contributed by atoms with van der Waals surface area (Å²) in [6.45, 7) is 0. The molecule has 5 heteroatoms. The van der Waals surface area contributed by atoms with Crippen molar-refractivity contribution in [2.75, 3.05) is 0 Å². The lowest BCUT2D eigenvalue weighted by molar-refractivity contribution is 0.0685. The van der Waals surface area contributed by atoms with Crippen molar-refractivity contribution < 1.29 is 14.3 Å². The summed E-state index contributed by atoms with van der Waals surface area (Å²) in [6.07, 6.45) is 0. The predicted octanol–water partition coefficient (Wildman–Crippen LogP) is 2.83. The summed E-state index contributed by atoms with van der Waals surface area (Å²) in [5.41, 5.74) is -0.120. The summed E-state index contributed by atoms with van der Waals surface area (Å²) >= 11 is 3.23. The van der Waals surface area contributed by atoms with E-state index in [4.69, 9.17) is 5.11 Å². The van der Waals surface area contributed by atoms with Gasteiger partial charge >= 0.3 is 5.97 Å². The molecule has 0 saturated carbocycles. The molecule has 0 unspecified atom stereocenters. The van der Waals surface area contributed by atoms with Crippen LogP contribution in [0.5, 0.6) is 0 Å². The fourth-order valence-corrected chi connectivity index (χ4v) is 1.76. The topological polar surface area (TPSA) is 50.2 Å². The number of nitrogens with zero attached hydrogens (tertiary/aromatic N) is 1. The molecular weight excluding hydrogens is 265 g/mol. The Bertz CT molecular complexity index is 556. The maximum Gasteiger partial charge on any atom is 0.357 e. The van der Waals surface area contributed by atoms with E-state index in [-0.39, 0.29) is 0 Å². The fraction of sp³-hybridized carbons (Fsp3) is 0. The first-order valence-corrected chi connectivity index (χ1v) is 4.87. The highest BCUT2D eigenvalue weighted by Crippen LogP contribution is 2.23. The molecule has 3 nitrogen and oxygen atoms in total. The molecule has 0 atom stereocenters. The van der Waals surface area contributed by atoms with Crippen LogP contribution in [0.25, 0.3) is 10.9 Å². The normalized spacial score (nSPS) is 10.5. The molecule has 1 heterocycles. The van der Waals surface area contributed by atoms with Gasteiger partial charge in [-0.1, -0.05) is 12.1 Å². The first-order chi connectivity index (χ1) is 7.09. The minimum Gasteiger partial charge on any atom is -0.476 e. The summed E-state index contributed by atoms with van der Waals surface area (Å²) in [5, 5.41) is 9.26. The van der Waals surface area contributed by atoms with Gasteiger partial charge in [-0.2, -0.15) is 0 Å². The second kappa shape index (κ2) is 3.58. The fourth-order valence-electron chi connectivity index (χ4n) is 1.29. The van der Waals surface area contributed by atoms with E-state index in [2.05, 4.69) is 20.9 Å². The number of aromatic nitrogens is 1. The van der Waals surface area contributed by atoms with Crippen molar-refractivity contribution in [2.24, 2.45) is 0 Å². The molecule has 0 aliphatic heterocycles. The quantitative estimate of drug-likeness (QED) is 0.866. The van der Waals surface area contributed by atoms with Crippen LogP contribution in [0.2, 0.25) is 0 Å². The van der Waals surface area contributed by atoms with Gasteiger partial charge in [0.25, 0.3) is 0 Å². The second-order valence-electron chi connectivity index (χ2n) is 2.94. The third kappa shape index (κ3) is 1.70. The number of benzene rings is 1. The molecule has 0 fully saturated rings.